The lowest BCUT2D eigenvalue weighted by Crippen LogP contribution is -2.33. The minimum atomic E-state index is -3.89. The van der Waals surface area contributed by atoms with Gasteiger partial charge in [0.25, 0.3) is 5.56 Å². The zero-order valence-corrected chi connectivity index (χ0v) is 26.4. The third-order valence-electron chi connectivity index (χ3n) is 7.71. The zero-order valence-electron chi connectivity index (χ0n) is 25.5. The van der Waals surface area contributed by atoms with E-state index in [4.69, 9.17) is 9.72 Å². The summed E-state index contributed by atoms with van der Waals surface area (Å²) in [5, 5.41) is 0.456. The van der Waals surface area contributed by atoms with Crippen molar-refractivity contribution < 1.29 is 13.2 Å². The average molecular weight is 603 g/mol. The van der Waals surface area contributed by atoms with Crippen LogP contribution in [0.3, 0.4) is 0 Å². The number of aromatic nitrogens is 2. The molecule has 1 saturated heterocycles. The second kappa shape index (κ2) is 13.0. The molecule has 8 nitrogen and oxygen atoms in total. The second-order valence-electron chi connectivity index (χ2n) is 12.6. The Morgan fingerprint density at radius 2 is 1.60 bits per heavy atom. The molecule has 3 aromatic carbocycles. The number of ether oxygens (including phenoxy) is 1. The summed E-state index contributed by atoms with van der Waals surface area (Å²) >= 11 is 0. The lowest BCUT2D eigenvalue weighted by atomic mass is 9.88. The minimum Gasteiger partial charge on any atom is -0.492 e. The predicted molar refractivity (Wildman–Crippen MR) is 171 cm³/mol. The summed E-state index contributed by atoms with van der Waals surface area (Å²) in [6.45, 7) is 11.9. The van der Waals surface area contributed by atoms with Gasteiger partial charge in [-0.25, -0.2) is 18.1 Å². The number of rotatable bonds is 10. The highest BCUT2D eigenvalue weighted by molar-refractivity contribution is 7.89. The van der Waals surface area contributed by atoms with Crippen molar-refractivity contribution in [1.29, 1.82) is 0 Å². The summed E-state index contributed by atoms with van der Waals surface area (Å²) in [4.78, 5) is 21.1. The Balaban J connectivity index is 1.40. The van der Waals surface area contributed by atoms with E-state index >= 15 is 0 Å². The molecule has 1 aliphatic heterocycles. The number of hydrogen-bond acceptors (Lipinski definition) is 6. The fourth-order valence-corrected chi connectivity index (χ4v) is 6.81. The molecule has 0 amide bonds. The molecule has 2 heterocycles. The largest absolute Gasteiger partial charge is 0.492 e. The van der Waals surface area contributed by atoms with Crippen molar-refractivity contribution in [2.24, 2.45) is 5.41 Å². The van der Waals surface area contributed by atoms with Crippen LogP contribution in [0.2, 0.25) is 0 Å². The molecule has 0 bridgehead atoms. The third-order valence-corrected chi connectivity index (χ3v) is 9.27. The van der Waals surface area contributed by atoms with E-state index in [1.54, 1.807) is 37.3 Å². The van der Waals surface area contributed by atoms with Gasteiger partial charge in [-0.2, -0.15) is 0 Å². The van der Waals surface area contributed by atoms with E-state index in [1.807, 2.05) is 42.5 Å². The van der Waals surface area contributed by atoms with Crippen LogP contribution >= 0.6 is 0 Å². The fraction of sp³-hybridized carbons (Fsp3) is 0.412. The van der Waals surface area contributed by atoms with Crippen molar-refractivity contribution in [1.82, 2.24) is 19.2 Å². The Hall–Kier alpha value is -3.53. The van der Waals surface area contributed by atoms with Crippen molar-refractivity contribution in [2.45, 2.75) is 64.3 Å². The highest BCUT2D eigenvalue weighted by Gasteiger charge is 2.24. The molecular formula is C34H42N4O4S. The van der Waals surface area contributed by atoms with Gasteiger partial charge in [-0.05, 0) is 98.8 Å². The Bertz CT molecular complexity index is 1700. The number of nitrogens with one attached hydrogen (secondary N) is 1. The minimum absolute atomic E-state index is 0.0932. The van der Waals surface area contributed by atoms with Gasteiger partial charge in [0, 0.05) is 6.54 Å². The zero-order chi connectivity index (χ0) is 30.6. The molecular weight excluding hydrogens is 560 g/mol. The molecule has 0 saturated carbocycles. The molecule has 228 valence electrons. The van der Waals surface area contributed by atoms with Crippen LogP contribution in [-0.4, -0.2) is 49.1 Å². The van der Waals surface area contributed by atoms with Gasteiger partial charge >= 0.3 is 0 Å². The summed E-state index contributed by atoms with van der Waals surface area (Å²) in [5.41, 5.74) is 1.99. The lowest BCUT2D eigenvalue weighted by Gasteiger charge is -2.26. The van der Waals surface area contributed by atoms with Gasteiger partial charge in [-0.15, -0.1) is 0 Å². The van der Waals surface area contributed by atoms with Crippen LogP contribution in [0.5, 0.6) is 5.75 Å². The second-order valence-corrected chi connectivity index (χ2v) is 14.3. The van der Waals surface area contributed by atoms with Crippen LogP contribution in [0.25, 0.3) is 16.6 Å². The maximum Gasteiger partial charge on any atom is 0.266 e. The van der Waals surface area contributed by atoms with E-state index in [1.165, 1.54) is 23.8 Å². The van der Waals surface area contributed by atoms with Crippen LogP contribution < -0.4 is 15.0 Å². The van der Waals surface area contributed by atoms with Crippen LogP contribution in [0.1, 0.15) is 64.4 Å². The summed E-state index contributed by atoms with van der Waals surface area (Å²) in [7, 11) is -3.89. The highest BCUT2D eigenvalue weighted by Crippen LogP contribution is 2.24. The van der Waals surface area contributed by atoms with Gasteiger partial charge in [0.05, 0.1) is 27.5 Å². The number of sulfonamides is 1. The molecule has 0 spiro atoms. The van der Waals surface area contributed by atoms with Gasteiger partial charge < -0.3 is 4.74 Å². The Labute approximate surface area is 254 Å². The fourth-order valence-electron chi connectivity index (χ4n) is 5.61. The first-order valence-electron chi connectivity index (χ1n) is 15.1. The number of likely N-dealkylation sites (tertiary alicyclic amines) is 1. The van der Waals surface area contributed by atoms with Gasteiger partial charge in [-0.1, -0.05) is 51.5 Å². The first-order valence-corrected chi connectivity index (χ1v) is 16.6. The third kappa shape index (κ3) is 7.71. The van der Waals surface area contributed by atoms with Crippen molar-refractivity contribution in [3.8, 4) is 11.4 Å². The van der Waals surface area contributed by atoms with E-state index in [-0.39, 0.29) is 15.9 Å². The molecule has 1 N–H and O–H groups in total. The quantitative estimate of drug-likeness (QED) is 0.244. The molecule has 1 fully saturated rings. The molecule has 5 rings (SSSR count). The Morgan fingerprint density at radius 3 is 2.28 bits per heavy atom. The average Bonchev–Trinajstić information content (AvgIpc) is 2.97. The monoisotopic (exact) mass is 602 g/mol. The Morgan fingerprint density at radius 1 is 0.930 bits per heavy atom. The molecule has 0 aliphatic carbocycles. The number of fused-ring (bicyclic) bond motifs is 1. The standard InChI is InChI=1S/C34H42N4O4S/c1-25(36-43(40,41)29-18-12-26(13-19-29)24-34(2,3)4)32-35-31-11-7-6-10-30(31)33(39)38(32)27-14-16-28(17-15-27)42-23-22-37-20-8-5-9-21-37/h6-7,10-19,25,36H,5,8-9,20-24H2,1-4H3. The van der Waals surface area contributed by atoms with Gasteiger partial charge in [-0.3, -0.25) is 14.3 Å². The van der Waals surface area contributed by atoms with E-state index in [9.17, 15) is 13.2 Å². The molecule has 1 aromatic heterocycles. The number of para-hydroxylation sites is 1. The number of hydrogen-bond donors (Lipinski definition) is 1. The van der Waals surface area contributed by atoms with Crippen molar-refractivity contribution >= 4 is 20.9 Å². The molecule has 1 unspecified atom stereocenters. The number of piperidine rings is 1. The summed E-state index contributed by atoms with van der Waals surface area (Å²) < 4.78 is 37.1. The molecule has 0 radical (unpaired) electrons. The predicted octanol–water partition coefficient (Wildman–Crippen LogP) is 5.88. The van der Waals surface area contributed by atoms with Crippen LogP contribution in [0.4, 0.5) is 0 Å². The first-order chi connectivity index (χ1) is 20.5. The van der Waals surface area contributed by atoms with E-state index in [0.29, 0.717) is 34.8 Å². The molecule has 4 aromatic rings. The normalized spacial score (nSPS) is 15.4. The van der Waals surface area contributed by atoms with E-state index in [2.05, 4.69) is 30.4 Å². The van der Waals surface area contributed by atoms with Crippen LogP contribution in [0.15, 0.2) is 82.5 Å². The topological polar surface area (TPSA) is 93.5 Å². The van der Waals surface area contributed by atoms with E-state index in [0.717, 1.165) is 31.6 Å². The maximum atomic E-state index is 13.8. The van der Waals surface area contributed by atoms with Crippen molar-refractivity contribution in [3.63, 3.8) is 0 Å². The van der Waals surface area contributed by atoms with Crippen molar-refractivity contribution in [2.75, 3.05) is 26.2 Å². The Kier molecular flexibility index (Phi) is 9.34. The summed E-state index contributed by atoms with van der Waals surface area (Å²) in [6.07, 6.45) is 4.62. The first kappa shape index (κ1) is 30.9. The van der Waals surface area contributed by atoms with E-state index < -0.39 is 16.1 Å². The summed E-state index contributed by atoms with van der Waals surface area (Å²) in [6, 6.07) is 20.6. The van der Waals surface area contributed by atoms with Crippen LogP contribution in [0, 0.1) is 5.41 Å². The van der Waals surface area contributed by atoms with Gasteiger partial charge in [0.2, 0.25) is 10.0 Å². The highest BCUT2D eigenvalue weighted by atomic mass is 32.2. The SMILES string of the molecule is CC(NS(=O)(=O)c1ccc(CC(C)(C)C)cc1)c1nc2ccccc2c(=O)n1-c1ccc(OCCN2CCCCC2)cc1. The number of nitrogens with zero attached hydrogens (tertiary/aromatic N) is 3. The summed E-state index contributed by atoms with van der Waals surface area (Å²) in [5.74, 6) is 1.02. The molecule has 43 heavy (non-hydrogen) atoms. The van der Waals surface area contributed by atoms with Crippen molar-refractivity contribution in [3.05, 3.63) is 94.5 Å². The molecule has 1 atom stereocenters. The van der Waals surface area contributed by atoms with Crippen LogP contribution in [-0.2, 0) is 16.4 Å². The number of benzene rings is 3. The molecule has 9 heteroatoms. The maximum absolute atomic E-state index is 13.8. The smallest absolute Gasteiger partial charge is 0.266 e. The van der Waals surface area contributed by atoms with Gasteiger partial charge in [0.1, 0.15) is 18.2 Å². The molecule has 1 aliphatic rings. The lowest BCUT2D eigenvalue weighted by molar-refractivity contribution is 0.183. The van der Waals surface area contributed by atoms with Gasteiger partial charge in [0.15, 0.2) is 0 Å².